The number of rotatable bonds is 7. The molecule has 1 unspecified atom stereocenters. The third-order valence-corrected chi connectivity index (χ3v) is 5.04. The van der Waals surface area contributed by atoms with Crippen LogP contribution in [0.3, 0.4) is 0 Å². The average Bonchev–Trinajstić information content (AvgIpc) is 2.62. The van der Waals surface area contributed by atoms with Crippen LogP contribution >= 0.6 is 0 Å². The van der Waals surface area contributed by atoms with Gasteiger partial charge in [-0.15, -0.1) is 0 Å². The molecule has 0 saturated carbocycles. The Labute approximate surface area is 146 Å². The number of para-hydroxylation sites is 1. The van der Waals surface area contributed by atoms with E-state index in [1.54, 1.807) is 0 Å². The summed E-state index contributed by atoms with van der Waals surface area (Å²) in [7, 11) is 0. The summed E-state index contributed by atoms with van der Waals surface area (Å²) in [6.07, 6.45) is 9.54. The first-order valence-corrected chi connectivity index (χ1v) is 9.66. The molecular weight excluding hydrogens is 294 g/mol. The van der Waals surface area contributed by atoms with Crippen LogP contribution in [0, 0.1) is 6.92 Å². The van der Waals surface area contributed by atoms with Crippen molar-refractivity contribution < 1.29 is 0 Å². The van der Waals surface area contributed by atoms with Crippen molar-refractivity contribution in [1.82, 2.24) is 10.3 Å². The Bertz CT molecular complexity index is 647. The zero-order valence-electron chi connectivity index (χ0n) is 15.2. The molecule has 0 spiro atoms. The third-order valence-electron chi connectivity index (χ3n) is 5.04. The Kier molecular flexibility index (Phi) is 6.08. The quantitative estimate of drug-likeness (QED) is 0.724. The summed E-state index contributed by atoms with van der Waals surface area (Å²) in [5, 5.41) is 5.03. The minimum absolute atomic E-state index is 0.464. The van der Waals surface area contributed by atoms with E-state index in [0.29, 0.717) is 6.17 Å². The summed E-state index contributed by atoms with van der Waals surface area (Å²) in [6, 6.07) is 10.8. The number of piperidine rings is 1. The fraction of sp³-hybridized carbons (Fsp3) is 0.571. The van der Waals surface area contributed by atoms with Gasteiger partial charge >= 0.3 is 0 Å². The summed E-state index contributed by atoms with van der Waals surface area (Å²) in [6.45, 7) is 6.66. The highest BCUT2D eigenvalue weighted by molar-refractivity contribution is 5.92. The van der Waals surface area contributed by atoms with Gasteiger partial charge in [0, 0.05) is 23.3 Å². The van der Waals surface area contributed by atoms with Gasteiger partial charge in [-0.05, 0) is 51.3 Å². The van der Waals surface area contributed by atoms with Crippen molar-refractivity contribution in [3.8, 4) is 0 Å². The molecule has 1 aromatic carbocycles. The van der Waals surface area contributed by atoms with E-state index in [2.05, 4.69) is 54.4 Å². The topological polar surface area (TPSA) is 28.2 Å². The second kappa shape index (κ2) is 8.48. The van der Waals surface area contributed by atoms with Crippen LogP contribution in [0.5, 0.6) is 0 Å². The van der Waals surface area contributed by atoms with Crippen LogP contribution in [0.2, 0.25) is 0 Å². The predicted octanol–water partition coefficient (Wildman–Crippen LogP) is 5.03. The molecule has 1 aliphatic rings. The smallest absolute Gasteiger partial charge is 0.0796 e. The average molecular weight is 326 g/mol. The SMILES string of the molecule is CCCCCCN(c1cc(C)nc2ccccc12)C1CCCCN1. The molecule has 2 heterocycles. The number of fused-ring (bicyclic) bond motifs is 1. The minimum atomic E-state index is 0.464. The van der Waals surface area contributed by atoms with Gasteiger partial charge in [0.05, 0.1) is 11.7 Å². The fourth-order valence-electron chi connectivity index (χ4n) is 3.78. The molecule has 3 heteroatoms. The van der Waals surface area contributed by atoms with E-state index in [-0.39, 0.29) is 0 Å². The van der Waals surface area contributed by atoms with Crippen molar-refractivity contribution in [2.24, 2.45) is 0 Å². The first-order chi connectivity index (χ1) is 11.8. The number of hydrogen-bond acceptors (Lipinski definition) is 3. The lowest BCUT2D eigenvalue weighted by Crippen LogP contribution is -2.49. The number of aromatic nitrogens is 1. The van der Waals surface area contributed by atoms with Crippen molar-refractivity contribution in [3.63, 3.8) is 0 Å². The van der Waals surface area contributed by atoms with E-state index in [0.717, 1.165) is 24.3 Å². The number of pyridine rings is 1. The second-order valence-corrected chi connectivity index (χ2v) is 7.02. The summed E-state index contributed by atoms with van der Waals surface area (Å²) >= 11 is 0. The molecule has 0 aliphatic carbocycles. The molecule has 1 aliphatic heterocycles. The Morgan fingerprint density at radius 1 is 1.17 bits per heavy atom. The molecule has 0 bridgehead atoms. The van der Waals surface area contributed by atoms with E-state index in [4.69, 9.17) is 4.98 Å². The lowest BCUT2D eigenvalue weighted by molar-refractivity contribution is 0.382. The van der Waals surface area contributed by atoms with Crippen LogP contribution in [-0.4, -0.2) is 24.2 Å². The zero-order chi connectivity index (χ0) is 16.8. The van der Waals surface area contributed by atoms with E-state index >= 15 is 0 Å². The van der Waals surface area contributed by atoms with Gasteiger partial charge in [-0.25, -0.2) is 0 Å². The number of nitrogens with zero attached hydrogens (tertiary/aromatic N) is 2. The molecule has 130 valence electrons. The van der Waals surface area contributed by atoms with Crippen LogP contribution in [0.1, 0.15) is 57.6 Å². The summed E-state index contributed by atoms with van der Waals surface area (Å²) < 4.78 is 0. The fourth-order valence-corrected chi connectivity index (χ4v) is 3.78. The monoisotopic (exact) mass is 325 g/mol. The van der Waals surface area contributed by atoms with Crippen molar-refractivity contribution in [1.29, 1.82) is 0 Å². The Hall–Kier alpha value is -1.61. The van der Waals surface area contributed by atoms with Gasteiger partial charge in [0.2, 0.25) is 0 Å². The second-order valence-electron chi connectivity index (χ2n) is 7.02. The minimum Gasteiger partial charge on any atom is -0.355 e. The maximum absolute atomic E-state index is 4.73. The first kappa shape index (κ1) is 17.2. The number of benzene rings is 1. The van der Waals surface area contributed by atoms with E-state index < -0.39 is 0 Å². The highest BCUT2D eigenvalue weighted by atomic mass is 15.3. The Morgan fingerprint density at radius 2 is 2.04 bits per heavy atom. The first-order valence-electron chi connectivity index (χ1n) is 9.66. The van der Waals surface area contributed by atoms with Crippen LogP contribution in [0.4, 0.5) is 5.69 Å². The summed E-state index contributed by atoms with van der Waals surface area (Å²) in [4.78, 5) is 7.34. The van der Waals surface area contributed by atoms with E-state index in [1.807, 2.05) is 0 Å². The van der Waals surface area contributed by atoms with Gasteiger partial charge in [-0.3, -0.25) is 10.3 Å². The molecule has 1 fully saturated rings. The molecule has 1 saturated heterocycles. The Balaban J connectivity index is 1.91. The lowest BCUT2D eigenvalue weighted by Gasteiger charge is -2.37. The van der Waals surface area contributed by atoms with Crippen molar-refractivity contribution in [3.05, 3.63) is 36.0 Å². The number of aryl methyl sites for hydroxylation is 1. The lowest BCUT2D eigenvalue weighted by atomic mass is 10.1. The molecule has 1 aromatic heterocycles. The van der Waals surface area contributed by atoms with Gasteiger partial charge in [0.15, 0.2) is 0 Å². The number of unbranched alkanes of at least 4 members (excludes halogenated alkanes) is 3. The highest BCUT2D eigenvalue weighted by Gasteiger charge is 2.22. The van der Waals surface area contributed by atoms with Gasteiger partial charge in [-0.2, -0.15) is 0 Å². The van der Waals surface area contributed by atoms with Crippen molar-refractivity contribution in [2.45, 2.75) is 65.0 Å². The van der Waals surface area contributed by atoms with Crippen LogP contribution in [-0.2, 0) is 0 Å². The van der Waals surface area contributed by atoms with Crippen LogP contribution in [0.15, 0.2) is 30.3 Å². The zero-order valence-corrected chi connectivity index (χ0v) is 15.2. The molecule has 1 N–H and O–H groups in total. The maximum atomic E-state index is 4.73. The van der Waals surface area contributed by atoms with E-state index in [9.17, 15) is 0 Å². The van der Waals surface area contributed by atoms with E-state index in [1.165, 1.54) is 56.0 Å². The number of nitrogens with one attached hydrogen (secondary N) is 1. The molecule has 24 heavy (non-hydrogen) atoms. The van der Waals surface area contributed by atoms with Gasteiger partial charge < -0.3 is 4.90 Å². The van der Waals surface area contributed by atoms with Gasteiger partial charge in [-0.1, -0.05) is 44.4 Å². The van der Waals surface area contributed by atoms with Crippen molar-refractivity contribution >= 4 is 16.6 Å². The molecule has 0 radical (unpaired) electrons. The van der Waals surface area contributed by atoms with Crippen molar-refractivity contribution in [2.75, 3.05) is 18.0 Å². The van der Waals surface area contributed by atoms with Gasteiger partial charge in [0.25, 0.3) is 0 Å². The van der Waals surface area contributed by atoms with Crippen LogP contribution < -0.4 is 10.2 Å². The molecule has 3 nitrogen and oxygen atoms in total. The maximum Gasteiger partial charge on any atom is 0.0796 e. The predicted molar refractivity (Wildman–Crippen MR) is 104 cm³/mol. The molecule has 0 amide bonds. The molecule has 3 rings (SSSR count). The van der Waals surface area contributed by atoms with Crippen LogP contribution in [0.25, 0.3) is 10.9 Å². The highest BCUT2D eigenvalue weighted by Crippen LogP contribution is 2.30. The largest absolute Gasteiger partial charge is 0.355 e. The summed E-state index contributed by atoms with van der Waals surface area (Å²) in [5.41, 5.74) is 3.58. The Morgan fingerprint density at radius 3 is 2.83 bits per heavy atom. The molecule has 2 aromatic rings. The number of hydrogen-bond donors (Lipinski definition) is 1. The van der Waals surface area contributed by atoms with Gasteiger partial charge in [0.1, 0.15) is 0 Å². The third kappa shape index (κ3) is 4.07. The standard InChI is InChI=1S/C21H31N3/c1-3-4-5-10-15-24(21-13-8-9-14-22-21)20-16-17(2)23-19-12-7-6-11-18(19)20/h6-7,11-12,16,21-22H,3-5,8-10,13-15H2,1-2H3. The molecule has 1 atom stereocenters. The number of anilines is 1. The summed E-state index contributed by atoms with van der Waals surface area (Å²) in [5.74, 6) is 0. The molecular formula is C21H31N3. The normalized spacial score (nSPS) is 18.0.